The highest BCUT2D eigenvalue weighted by Gasteiger charge is 2.39. The van der Waals surface area contributed by atoms with Crippen LogP contribution in [0.15, 0.2) is 0 Å². The lowest BCUT2D eigenvalue weighted by molar-refractivity contribution is -0.122. The fourth-order valence-electron chi connectivity index (χ4n) is 2.54. The minimum atomic E-state index is -0.879. The van der Waals surface area contributed by atoms with E-state index >= 15 is 0 Å². The van der Waals surface area contributed by atoms with Crippen LogP contribution in [0.1, 0.15) is 25.7 Å². The van der Waals surface area contributed by atoms with E-state index < -0.39 is 11.7 Å². The normalized spacial score (nSPS) is 39.2. The molecule has 2 unspecified atom stereocenters. The number of hydrogen-bond acceptors (Lipinski definition) is 4. The van der Waals surface area contributed by atoms with E-state index in [1.807, 2.05) is 0 Å². The van der Waals surface area contributed by atoms with Crippen molar-refractivity contribution >= 4 is 0 Å². The number of aliphatic hydroxyl groups excluding tert-OH is 1. The van der Waals surface area contributed by atoms with E-state index in [-0.39, 0.29) is 0 Å². The van der Waals surface area contributed by atoms with Gasteiger partial charge in [-0.25, -0.2) is 0 Å². The summed E-state index contributed by atoms with van der Waals surface area (Å²) in [6.45, 7) is 3.82. The van der Waals surface area contributed by atoms with E-state index in [1.165, 1.54) is 0 Å². The molecule has 1 aliphatic carbocycles. The van der Waals surface area contributed by atoms with Crippen molar-refractivity contribution in [1.29, 1.82) is 0 Å². The molecule has 0 radical (unpaired) electrons. The van der Waals surface area contributed by atoms with Gasteiger partial charge in [-0.05, 0) is 12.8 Å². The standard InChI is InChI=1S/C11H21NO3/c13-10-3-1-2-4-11(10,14)9-12-5-7-15-8-6-12/h10,13-14H,1-9H2. The predicted molar refractivity (Wildman–Crippen MR) is 56.7 cm³/mol. The molecule has 2 rings (SSSR count). The van der Waals surface area contributed by atoms with Gasteiger partial charge in [-0.15, -0.1) is 0 Å². The van der Waals surface area contributed by atoms with E-state index in [4.69, 9.17) is 4.74 Å². The highest BCUT2D eigenvalue weighted by Crippen LogP contribution is 2.29. The third-order valence-electron chi connectivity index (χ3n) is 3.56. The molecule has 2 N–H and O–H groups in total. The smallest absolute Gasteiger partial charge is 0.103 e. The van der Waals surface area contributed by atoms with E-state index in [9.17, 15) is 10.2 Å². The number of nitrogens with zero attached hydrogens (tertiary/aromatic N) is 1. The molecule has 0 bridgehead atoms. The van der Waals surface area contributed by atoms with Crippen molar-refractivity contribution in [1.82, 2.24) is 4.90 Å². The van der Waals surface area contributed by atoms with Crippen LogP contribution in [0.2, 0.25) is 0 Å². The first-order chi connectivity index (χ1) is 7.21. The maximum Gasteiger partial charge on any atom is 0.103 e. The number of ether oxygens (including phenoxy) is 1. The molecule has 4 heteroatoms. The molecular formula is C11H21NO3. The Bertz CT molecular complexity index is 206. The Morgan fingerprint density at radius 1 is 1.27 bits per heavy atom. The SMILES string of the molecule is OC1CCCCC1(O)CN1CCOCC1. The lowest BCUT2D eigenvalue weighted by Gasteiger charge is -2.41. The molecule has 0 spiro atoms. The lowest BCUT2D eigenvalue weighted by atomic mass is 9.82. The summed E-state index contributed by atoms with van der Waals surface area (Å²) in [6, 6.07) is 0. The number of morpholine rings is 1. The van der Waals surface area contributed by atoms with E-state index in [0.29, 0.717) is 6.54 Å². The van der Waals surface area contributed by atoms with Crippen molar-refractivity contribution in [3.63, 3.8) is 0 Å². The topological polar surface area (TPSA) is 52.9 Å². The summed E-state index contributed by atoms with van der Waals surface area (Å²) in [7, 11) is 0. The van der Waals surface area contributed by atoms with Crippen LogP contribution in [0.3, 0.4) is 0 Å². The van der Waals surface area contributed by atoms with Crippen molar-refractivity contribution in [3.05, 3.63) is 0 Å². The molecule has 1 saturated carbocycles. The largest absolute Gasteiger partial charge is 0.390 e. The molecule has 0 aromatic rings. The zero-order valence-corrected chi connectivity index (χ0v) is 9.19. The highest BCUT2D eigenvalue weighted by molar-refractivity contribution is 4.92. The first kappa shape index (κ1) is 11.3. The van der Waals surface area contributed by atoms with Gasteiger partial charge in [-0.1, -0.05) is 12.8 Å². The Morgan fingerprint density at radius 3 is 2.67 bits per heavy atom. The summed E-state index contributed by atoms with van der Waals surface area (Å²) in [4.78, 5) is 2.19. The molecule has 1 saturated heterocycles. The second-order valence-corrected chi connectivity index (χ2v) is 4.75. The fraction of sp³-hybridized carbons (Fsp3) is 1.00. The molecule has 2 atom stereocenters. The molecule has 0 aromatic carbocycles. The van der Waals surface area contributed by atoms with Gasteiger partial charge in [-0.3, -0.25) is 4.90 Å². The van der Waals surface area contributed by atoms with Crippen LogP contribution in [-0.2, 0) is 4.74 Å². The van der Waals surface area contributed by atoms with Crippen LogP contribution in [0, 0.1) is 0 Å². The minimum Gasteiger partial charge on any atom is -0.390 e. The molecule has 0 amide bonds. The van der Waals surface area contributed by atoms with Gasteiger partial charge in [0.2, 0.25) is 0 Å². The molecule has 88 valence electrons. The molecule has 15 heavy (non-hydrogen) atoms. The molecule has 0 aromatic heterocycles. The molecule has 1 heterocycles. The first-order valence-electron chi connectivity index (χ1n) is 5.91. The van der Waals surface area contributed by atoms with Crippen molar-refractivity contribution in [3.8, 4) is 0 Å². The Labute approximate surface area is 90.8 Å². The summed E-state index contributed by atoms with van der Waals surface area (Å²) in [5.41, 5.74) is -0.879. The zero-order valence-electron chi connectivity index (χ0n) is 9.19. The average Bonchev–Trinajstić information content (AvgIpc) is 2.24. The van der Waals surface area contributed by atoms with Crippen molar-refractivity contribution in [2.24, 2.45) is 0 Å². The van der Waals surface area contributed by atoms with Crippen LogP contribution in [0.5, 0.6) is 0 Å². The molecule has 2 aliphatic rings. The van der Waals surface area contributed by atoms with Gasteiger partial charge in [0.1, 0.15) is 5.60 Å². The van der Waals surface area contributed by atoms with E-state index in [2.05, 4.69) is 4.90 Å². The van der Waals surface area contributed by atoms with E-state index in [1.54, 1.807) is 0 Å². The van der Waals surface area contributed by atoms with Crippen LogP contribution in [0.4, 0.5) is 0 Å². The average molecular weight is 215 g/mol. The number of hydrogen-bond donors (Lipinski definition) is 2. The monoisotopic (exact) mass is 215 g/mol. The van der Waals surface area contributed by atoms with Crippen LogP contribution in [-0.4, -0.2) is 59.7 Å². The van der Waals surface area contributed by atoms with E-state index in [0.717, 1.165) is 52.0 Å². The van der Waals surface area contributed by atoms with Gasteiger partial charge in [0.15, 0.2) is 0 Å². The zero-order chi connectivity index (χ0) is 10.7. The molecule has 2 fully saturated rings. The summed E-state index contributed by atoms with van der Waals surface area (Å²) in [5, 5.41) is 20.2. The third-order valence-corrected chi connectivity index (χ3v) is 3.56. The first-order valence-corrected chi connectivity index (χ1v) is 5.91. The quantitative estimate of drug-likeness (QED) is 0.680. The maximum atomic E-state index is 10.4. The Kier molecular flexibility index (Phi) is 3.61. The molecule has 4 nitrogen and oxygen atoms in total. The summed E-state index contributed by atoms with van der Waals surface area (Å²) >= 11 is 0. The minimum absolute atomic E-state index is 0.547. The Hall–Kier alpha value is -0.160. The Morgan fingerprint density at radius 2 is 2.00 bits per heavy atom. The van der Waals surface area contributed by atoms with Gasteiger partial charge in [-0.2, -0.15) is 0 Å². The summed E-state index contributed by atoms with van der Waals surface area (Å²) < 4.78 is 5.26. The number of β-amino-alcohol motifs (C(OH)–C–C–N with tert-alkyl or cyclic N) is 1. The lowest BCUT2D eigenvalue weighted by Crippen LogP contribution is -2.54. The van der Waals surface area contributed by atoms with Crippen LogP contribution < -0.4 is 0 Å². The second kappa shape index (κ2) is 4.78. The maximum absolute atomic E-state index is 10.4. The van der Waals surface area contributed by atoms with Crippen molar-refractivity contribution < 1.29 is 14.9 Å². The molecular weight excluding hydrogens is 194 g/mol. The van der Waals surface area contributed by atoms with Gasteiger partial charge in [0.05, 0.1) is 19.3 Å². The Balaban J connectivity index is 1.89. The summed E-state index contributed by atoms with van der Waals surface area (Å²) in [6.07, 6.45) is 2.98. The van der Waals surface area contributed by atoms with Gasteiger partial charge in [0, 0.05) is 19.6 Å². The fourth-order valence-corrected chi connectivity index (χ4v) is 2.54. The van der Waals surface area contributed by atoms with Crippen LogP contribution >= 0.6 is 0 Å². The highest BCUT2D eigenvalue weighted by atomic mass is 16.5. The number of aliphatic hydroxyl groups is 2. The van der Waals surface area contributed by atoms with Gasteiger partial charge in [0.25, 0.3) is 0 Å². The van der Waals surface area contributed by atoms with Gasteiger partial charge < -0.3 is 14.9 Å². The molecule has 1 aliphatic heterocycles. The second-order valence-electron chi connectivity index (χ2n) is 4.75. The van der Waals surface area contributed by atoms with Crippen LogP contribution in [0.25, 0.3) is 0 Å². The van der Waals surface area contributed by atoms with Gasteiger partial charge >= 0.3 is 0 Å². The third kappa shape index (κ3) is 2.69. The summed E-state index contributed by atoms with van der Waals surface area (Å²) in [5.74, 6) is 0. The number of rotatable bonds is 2. The van der Waals surface area contributed by atoms with Crippen molar-refractivity contribution in [2.45, 2.75) is 37.4 Å². The predicted octanol–water partition coefficient (Wildman–Crippen LogP) is -0.0154. The van der Waals surface area contributed by atoms with Crippen molar-refractivity contribution in [2.75, 3.05) is 32.8 Å².